The maximum absolute atomic E-state index is 10.2. The molecule has 2 aromatic rings. The molecular formula is C14H15NO2. The molecule has 1 atom stereocenters. The van der Waals surface area contributed by atoms with Crippen molar-refractivity contribution in [3.05, 3.63) is 59.3 Å². The summed E-state index contributed by atoms with van der Waals surface area (Å²) in [6, 6.07) is 11.4. The summed E-state index contributed by atoms with van der Waals surface area (Å²) < 4.78 is 5.09. The van der Waals surface area contributed by atoms with Gasteiger partial charge in [0.25, 0.3) is 0 Å². The summed E-state index contributed by atoms with van der Waals surface area (Å²) in [6.45, 7) is 1.91. The molecule has 1 heterocycles. The van der Waals surface area contributed by atoms with Gasteiger partial charge >= 0.3 is 0 Å². The molecule has 3 heteroatoms. The van der Waals surface area contributed by atoms with E-state index < -0.39 is 6.10 Å². The van der Waals surface area contributed by atoms with Gasteiger partial charge in [-0.2, -0.15) is 0 Å². The molecule has 0 amide bonds. The minimum absolute atomic E-state index is 0.592. The number of aryl methyl sites for hydroxylation is 1. The van der Waals surface area contributed by atoms with Gasteiger partial charge in [-0.3, -0.25) is 0 Å². The van der Waals surface area contributed by atoms with Gasteiger partial charge in [-0.1, -0.05) is 30.3 Å². The van der Waals surface area contributed by atoms with Crippen LogP contribution >= 0.6 is 0 Å². The first kappa shape index (κ1) is 11.6. The van der Waals surface area contributed by atoms with E-state index in [0.29, 0.717) is 5.88 Å². The molecule has 0 aliphatic heterocycles. The van der Waals surface area contributed by atoms with Gasteiger partial charge in [0.1, 0.15) is 6.10 Å². The molecule has 0 radical (unpaired) electrons. The molecule has 0 aliphatic rings. The molecule has 3 nitrogen and oxygen atoms in total. The highest BCUT2D eigenvalue weighted by atomic mass is 16.5. The Labute approximate surface area is 101 Å². The van der Waals surface area contributed by atoms with Crippen LogP contribution in [0, 0.1) is 6.92 Å². The van der Waals surface area contributed by atoms with Gasteiger partial charge in [0, 0.05) is 17.3 Å². The molecule has 1 N–H and O–H groups in total. The van der Waals surface area contributed by atoms with Crippen molar-refractivity contribution in [2.24, 2.45) is 0 Å². The maximum Gasteiger partial charge on any atom is 0.215 e. The number of aliphatic hydroxyl groups excluding tert-OH is 1. The molecule has 0 bridgehead atoms. The predicted molar refractivity (Wildman–Crippen MR) is 66.0 cm³/mol. The minimum atomic E-state index is -0.645. The van der Waals surface area contributed by atoms with Crippen LogP contribution in [0.3, 0.4) is 0 Å². The van der Waals surface area contributed by atoms with E-state index in [1.54, 1.807) is 13.3 Å². The van der Waals surface area contributed by atoms with Crippen molar-refractivity contribution in [1.82, 2.24) is 4.98 Å². The smallest absolute Gasteiger partial charge is 0.215 e. The highest BCUT2D eigenvalue weighted by Gasteiger charge is 2.12. The van der Waals surface area contributed by atoms with E-state index in [0.717, 1.165) is 16.7 Å². The second kappa shape index (κ2) is 4.97. The lowest BCUT2D eigenvalue weighted by atomic mass is 10.0. The zero-order chi connectivity index (χ0) is 12.3. The number of methoxy groups -OCH3 is 1. The van der Waals surface area contributed by atoms with Crippen molar-refractivity contribution in [1.29, 1.82) is 0 Å². The summed E-state index contributed by atoms with van der Waals surface area (Å²) in [6.07, 6.45) is 0.997. The van der Waals surface area contributed by atoms with E-state index in [-0.39, 0.29) is 0 Å². The van der Waals surface area contributed by atoms with E-state index in [2.05, 4.69) is 4.98 Å². The van der Waals surface area contributed by atoms with Crippen LogP contribution in [0.15, 0.2) is 42.6 Å². The molecule has 0 aliphatic carbocycles. The van der Waals surface area contributed by atoms with E-state index in [1.165, 1.54) is 0 Å². The number of hydrogen-bond donors (Lipinski definition) is 1. The third-order valence-electron chi connectivity index (χ3n) is 2.68. The zero-order valence-corrected chi connectivity index (χ0v) is 9.92. The third kappa shape index (κ3) is 2.45. The van der Waals surface area contributed by atoms with Crippen LogP contribution in [0.1, 0.15) is 22.8 Å². The van der Waals surface area contributed by atoms with E-state index in [4.69, 9.17) is 4.74 Å². The van der Waals surface area contributed by atoms with E-state index in [1.807, 2.05) is 43.3 Å². The average Bonchev–Trinajstić information content (AvgIpc) is 2.39. The van der Waals surface area contributed by atoms with Crippen LogP contribution in [-0.4, -0.2) is 17.2 Å². The number of benzene rings is 1. The van der Waals surface area contributed by atoms with Crippen molar-refractivity contribution in [2.75, 3.05) is 7.11 Å². The van der Waals surface area contributed by atoms with Crippen molar-refractivity contribution in [3.63, 3.8) is 0 Å². The molecule has 0 fully saturated rings. The molecule has 88 valence electrons. The summed E-state index contributed by atoms with van der Waals surface area (Å²) in [5.41, 5.74) is 2.55. The lowest BCUT2D eigenvalue weighted by Gasteiger charge is -2.12. The fourth-order valence-electron chi connectivity index (χ4n) is 1.77. The summed E-state index contributed by atoms with van der Waals surface area (Å²) in [5, 5.41) is 10.2. The number of hydrogen-bond acceptors (Lipinski definition) is 3. The van der Waals surface area contributed by atoms with Gasteiger partial charge in [-0.05, 0) is 18.6 Å². The Hall–Kier alpha value is -1.87. The van der Waals surface area contributed by atoms with Crippen LogP contribution in [0.5, 0.6) is 5.88 Å². The monoisotopic (exact) mass is 229 g/mol. The second-order valence-electron chi connectivity index (χ2n) is 3.91. The van der Waals surface area contributed by atoms with Gasteiger partial charge in [0.15, 0.2) is 0 Å². The lowest BCUT2D eigenvalue weighted by Crippen LogP contribution is -2.02. The molecular weight excluding hydrogens is 214 g/mol. The first-order chi connectivity index (χ1) is 8.22. The van der Waals surface area contributed by atoms with Crippen LogP contribution in [0.25, 0.3) is 0 Å². The number of aromatic nitrogens is 1. The van der Waals surface area contributed by atoms with Gasteiger partial charge in [-0.15, -0.1) is 0 Å². The largest absolute Gasteiger partial charge is 0.481 e. The summed E-state index contributed by atoms with van der Waals surface area (Å²) in [5.74, 6) is 0.592. The van der Waals surface area contributed by atoms with Crippen LogP contribution in [0.4, 0.5) is 0 Å². The fraction of sp³-hybridized carbons (Fsp3) is 0.214. The number of nitrogens with zero attached hydrogens (tertiary/aromatic N) is 1. The topological polar surface area (TPSA) is 42.4 Å². The zero-order valence-electron chi connectivity index (χ0n) is 9.92. The highest BCUT2D eigenvalue weighted by Crippen LogP contribution is 2.24. The Balaban J connectivity index is 2.32. The standard InChI is InChI=1S/C14H15NO2/c1-10-8-12(9-15-14(10)17-2)13(16)11-6-4-3-5-7-11/h3-9,13,16H,1-2H3/t13-/m1/s1. The Morgan fingerprint density at radius 3 is 2.47 bits per heavy atom. The number of ether oxygens (including phenoxy) is 1. The Kier molecular flexibility index (Phi) is 3.40. The second-order valence-corrected chi connectivity index (χ2v) is 3.91. The molecule has 2 rings (SSSR count). The van der Waals surface area contributed by atoms with Crippen LogP contribution < -0.4 is 4.74 Å². The summed E-state index contributed by atoms with van der Waals surface area (Å²) >= 11 is 0. The van der Waals surface area contributed by atoms with Crippen LogP contribution in [-0.2, 0) is 0 Å². The summed E-state index contributed by atoms with van der Waals surface area (Å²) in [7, 11) is 1.59. The first-order valence-corrected chi connectivity index (χ1v) is 5.46. The quantitative estimate of drug-likeness (QED) is 0.879. The Morgan fingerprint density at radius 1 is 1.18 bits per heavy atom. The predicted octanol–water partition coefficient (Wildman–Crippen LogP) is 2.48. The molecule has 0 saturated carbocycles. The van der Waals surface area contributed by atoms with E-state index in [9.17, 15) is 5.11 Å². The number of pyridine rings is 1. The molecule has 0 unspecified atom stereocenters. The highest BCUT2D eigenvalue weighted by molar-refractivity contribution is 5.34. The third-order valence-corrected chi connectivity index (χ3v) is 2.68. The molecule has 17 heavy (non-hydrogen) atoms. The van der Waals surface area contributed by atoms with Crippen molar-refractivity contribution in [2.45, 2.75) is 13.0 Å². The average molecular weight is 229 g/mol. The maximum atomic E-state index is 10.2. The lowest BCUT2D eigenvalue weighted by molar-refractivity contribution is 0.219. The normalized spacial score (nSPS) is 12.2. The molecule has 1 aromatic carbocycles. The van der Waals surface area contributed by atoms with Gasteiger partial charge in [0.2, 0.25) is 5.88 Å². The molecule has 0 saturated heterocycles. The van der Waals surface area contributed by atoms with Crippen molar-refractivity contribution in [3.8, 4) is 5.88 Å². The van der Waals surface area contributed by atoms with E-state index >= 15 is 0 Å². The SMILES string of the molecule is COc1ncc([C@H](O)c2ccccc2)cc1C. The Morgan fingerprint density at radius 2 is 1.88 bits per heavy atom. The number of aliphatic hydroxyl groups is 1. The Bertz CT molecular complexity index is 497. The molecule has 0 spiro atoms. The fourth-order valence-corrected chi connectivity index (χ4v) is 1.77. The van der Waals surface area contributed by atoms with Crippen molar-refractivity contribution >= 4 is 0 Å². The first-order valence-electron chi connectivity index (χ1n) is 5.46. The molecule has 1 aromatic heterocycles. The number of rotatable bonds is 3. The minimum Gasteiger partial charge on any atom is -0.481 e. The van der Waals surface area contributed by atoms with Gasteiger partial charge in [-0.25, -0.2) is 4.98 Å². The van der Waals surface area contributed by atoms with Crippen molar-refractivity contribution < 1.29 is 9.84 Å². The van der Waals surface area contributed by atoms with Crippen LogP contribution in [0.2, 0.25) is 0 Å². The summed E-state index contributed by atoms with van der Waals surface area (Å²) in [4.78, 5) is 4.16. The van der Waals surface area contributed by atoms with Gasteiger partial charge < -0.3 is 9.84 Å². The van der Waals surface area contributed by atoms with Gasteiger partial charge in [0.05, 0.1) is 7.11 Å².